The fourth-order valence-corrected chi connectivity index (χ4v) is 6.13. The van der Waals surface area contributed by atoms with Gasteiger partial charge in [-0.15, -0.1) is 0 Å². The highest BCUT2D eigenvalue weighted by Gasteiger charge is 2.29. The summed E-state index contributed by atoms with van der Waals surface area (Å²) in [7, 11) is -1.19. The zero-order valence-corrected chi connectivity index (χ0v) is 12.3. The molecule has 2 heteroatoms. The summed E-state index contributed by atoms with van der Waals surface area (Å²) in [6.45, 7) is 0.965. The fourth-order valence-electron chi connectivity index (χ4n) is 2.97. The summed E-state index contributed by atoms with van der Waals surface area (Å²) in [5.41, 5.74) is 3.35. The third-order valence-electron chi connectivity index (χ3n) is 3.90. The van der Waals surface area contributed by atoms with E-state index in [-0.39, 0.29) is 0 Å². The van der Waals surface area contributed by atoms with Crippen LogP contribution < -0.4 is 0 Å². The van der Waals surface area contributed by atoms with Gasteiger partial charge in [-0.2, -0.15) is 0 Å². The van der Waals surface area contributed by atoms with Crippen molar-refractivity contribution in [3.63, 3.8) is 0 Å². The molecule has 0 radical (unpaired) electrons. The summed E-state index contributed by atoms with van der Waals surface area (Å²) >= 11 is 0. The fraction of sp³-hybridized carbons (Fsp3) is 0.294. The first-order valence-corrected chi connectivity index (χ1v) is 9.12. The van der Waals surface area contributed by atoms with Gasteiger partial charge in [-0.1, -0.05) is 67.1 Å². The third-order valence-corrected chi connectivity index (χ3v) is 7.06. The van der Waals surface area contributed by atoms with Crippen LogP contribution in [0.2, 0.25) is 6.04 Å². The molecule has 0 spiro atoms. The molecular formula is C17H20OSi. The van der Waals surface area contributed by atoms with Crippen LogP contribution in [0.15, 0.2) is 60.7 Å². The lowest BCUT2D eigenvalue weighted by Crippen LogP contribution is -2.31. The molecule has 0 bridgehead atoms. The summed E-state index contributed by atoms with van der Waals surface area (Å²) in [6, 6.07) is 23.1. The van der Waals surface area contributed by atoms with Crippen LogP contribution in [0.4, 0.5) is 0 Å². The smallest absolute Gasteiger partial charge is 0.188 e. The van der Waals surface area contributed by atoms with Crippen LogP contribution in [0.5, 0.6) is 0 Å². The van der Waals surface area contributed by atoms with Crippen LogP contribution in [0.1, 0.15) is 29.5 Å². The maximum absolute atomic E-state index is 6.19. The number of benzene rings is 2. The van der Waals surface area contributed by atoms with Gasteiger partial charge < -0.3 is 4.43 Å². The molecule has 0 saturated carbocycles. The molecule has 1 atom stereocenters. The average molecular weight is 268 g/mol. The lowest BCUT2D eigenvalue weighted by atomic mass is 10.0. The van der Waals surface area contributed by atoms with E-state index in [1.165, 1.54) is 30.0 Å². The molecule has 0 aromatic heterocycles. The Morgan fingerprint density at radius 2 is 1.37 bits per heavy atom. The SMILES string of the molecule is c1ccc(C(c2ccccc2)[SiH]2CCCCO2)cc1. The van der Waals surface area contributed by atoms with Gasteiger partial charge in [-0.3, -0.25) is 0 Å². The Hall–Kier alpha value is -1.38. The van der Waals surface area contributed by atoms with Crippen molar-refractivity contribution < 1.29 is 4.43 Å². The van der Waals surface area contributed by atoms with Crippen LogP contribution in [0.25, 0.3) is 0 Å². The van der Waals surface area contributed by atoms with Crippen LogP contribution in [-0.4, -0.2) is 15.6 Å². The van der Waals surface area contributed by atoms with Gasteiger partial charge in [-0.25, -0.2) is 0 Å². The topological polar surface area (TPSA) is 9.23 Å². The van der Waals surface area contributed by atoms with E-state index in [2.05, 4.69) is 60.7 Å². The molecule has 2 aromatic rings. The zero-order chi connectivity index (χ0) is 12.9. The molecule has 1 heterocycles. The lowest BCUT2D eigenvalue weighted by Gasteiger charge is -2.29. The van der Waals surface area contributed by atoms with E-state index in [9.17, 15) is 0 Å². The zero-order valence-electron chi connectivity index (χ0n) is 11.2. The van der Waals surface area contributed by atoms with Gasteiger partial charge in [0, 0.05) is 12.1 Å². The van der Waals surface area contributed by atoms with E-state index in [1.807, 2.05) is 0 Å². The summed E-state index contributed by atoms with van der Waals surface area (Å²) in [5.74, 6) is 0. The van der Waals surface area contributed by atoms with Crippen molar-refractivity contribution in [1.29, 1.82) is 0 Å². The minimum atomic E-state index is -1.19. The minimum Gasteiger partial charge on any atom is -0.419 e. The lowest BCUT2D eigenvalue weighted by molar-refractivity contribution is 0.283. The van der Waals surface area contributed by atoms with Crippen LogP contribution >= 0.6 is 0 Å². The van der Waals surface area contributed by atoms with Crippen molar-refractivity contribution in [2.75, 3.05) is 6.61 Å². The molecule has 0 aliphatic carbocycles. The van der Waals surface area contributed by atoms with Gasteiger partial charge in [0.2, 0.25) is 0 Å². The predicted octanol–water partition coefficient (Wildman–Crippen LogP) is 3.89. The molecule has 3 rings (SSSR count). The molecule has 0 amide bonds. The summed E-state index contributed by atoms with van der Waals surface area (Å²) < 4.78 is 6.19. The number of hydrogen-bond donors (Lipinski definition) is 0. The molecule has 1 aliphatic heterocycles. The first-order chi connectivity index (χ1) is 9.45. The van der Waals surface area contributed by atoms with Gasteiger partial charge in [0.25, 0.3) is 0 Å². The maximum atomic E-state index is 6.19. The average Bonchev–Trinajstić information content (AvgIpc) is 2.51. The highest BCUT2D eigenvalue weighted by atomic mass is 28.3. The van der Waals surface area contributed by atoms with Crippen molar-refractivity contribution in [1.82, 2.24) is 0 Å². The van der Waals surface area contributed by atoms with Gasteiger partial charge in [-0.05, 0) is 23.6 Å². The Labute approximate surface area is 117 Å². The molecule has 2 aromatic carbocycles. The second-order valence-electron chi connectivity index (χ2n) is 5.20. The molecule has 1 fully saturated rings. The molecule has 98 valence electrons. The third kappa shape index (κ3) is 2.96. The van der Waals surface area contributed by atoms with Crippen molar-refractivity contribution in [2.45, 2.75) is 24.4 Å². The maximum Gasteiger partial charge on any atom is 0.188 e. The van der Waals surface area contributed by atoms with Gasteiger partial charge in [0.1, 0.15) is 0 Å². The summed E-state index contributed by atoms with van der Waals surface area (Å²) in [6.07, 6.45) is 2.58. The quantitative estimate of drug-likeness (QED) is 0.767. The van der Waals surface area contributed by atoms with Crippen LogP contribution in [-0.2, 0) is 4.43 Å². The summed E-state index contributed by atoms with van der Waals surface area (Å²) in [5, 5.41) is 0. The Morgan fingerprint density at radius 1 is 0.789 bits per heavy atom. The van der Waals surface area contributed by atoms with E-state index < -0.39 is 9.04 Å². The van der Waals surface area contributed by atoms with Gasteiger partial charge >= 0.3 is 0 Å². The normalized spacial score (nSPS) is 19.5. The van der Waals surface area contributed by atoms with E-state index >= 15 is 0 Å². The van der Waals surface area contributed by atoms with E-state index in [4.69, 9.17) is 4.43 Å². The minimum absolute atomic E-state index is 0.502. The second-order valence-corrected chi connectivity index (χ2v) is 7.86. The Bertz CT molecular complexity index is 452. The van der Waals surface area contributed by atoms with Crippen molar-refractivity contribution in [3.8, 4) is 0 Å². The molecular weight excluding hydrogens is 248 g/mol. The van der Waals surface area contributed by atoms with Crippen molar-refractivity contribution in [3.05, 3.63) is 71.8 Å². The molecule has 1 unspecified atom stereocenters. The predicted molar refractivity (Wildman–Crippen MR) is 81.9 cm³/mol. The van der Waals surface area contributed by atoms with E-state index in [0.29, 0.717) is 5.54 Å². The van der Waals surface area contributed by atoms with Crippen molar-refractivity contribution >= 4 is 9.04 Å². The Morgan fingerprint density at radius 3 is 1.84 bits per heavy atom. The first kappa shape index (κ1) is 12.6. The van der Waals surface area contributed by atoms with Gasteiger partial charge in [0.05, 0.1) is 0 Å². The molecule has 1 saturated heterocycles. The monoisotopic (exact) mass is 268 g/mol. The van der Waals surface area contributed by atoms with E-state index in [1.54, 1.807) is 0 Å². The first-order valence-electron chi connectivity index (χ1n) is 7.16. The largest absolute Gasteiger partial charge is 0.419 e. The standard InChI is InChI=1S/C17H20OSi/c1-3-9-15(10-4-1)17(16-11-5-2-6-12-16)19-14-8-7-13-18-19/h1-6,9-12,17,19H,7-8,13-14H2. The molecule has 1 nitrogen and oxygen atoms in total. The summed E-state index contributed by atoms with van der Waals surface area (Å²) in [4.78, 5) is 0. The number of rotatable bonds is 3. The van der Waals surface area contributed by atoms with Gasteiger partial charge in [0.15, 0.2) is 9.04 Å². The second kappa shape index (κ2) is 6.18. The molecule has 0 N–H and O–H groups in total. The Kier molecular flexibility index (Phi) is 4.11. The molecule has 1 aliphatic rings. The van der Waals surface area contributed by atoms with Crippen LogP contribution in [0.3, 0.4) is 0 Å². The molecule has 19 heavy (non-hydrogen) atoms. The highest BCUT2D eigenvalue weighted by molar-refractivity contribution is 6.54. The van der Waals surface area contributed by atoms with Crippen LogP contribution in [0, 0.1) is 0 Å². The highest BCUT2D eigenvalue weighted by Crippen LogP contribution is 2.31. The Balaban J connectivity index is 1.96. The van der Waals surface area contributed by atoms with Crippen molar-refractivity contribution in [2.24, 2.45) is 0 Å². The van der Waals surface area contributed by atoms with E-state index in [0.717, 1.165) is 6.61 Å². The number of hydrogen-bond acceptors (Lipinski definition) is 1.